The highest BCUT2D eigenvalue weighted by atomic mass is 16.6. The molecule has 0 saturated heterocycles. The summed E-state index contributed by atoms with van der Waals surface area (Å²) in [7, 11) is 0. The molecule has 0 aromatic rings. The second-order valence-corrected chi connectivity index (χ2v) is 6.61. The summed E-state index contributed by atoms with van der Waals surface area (Å²) in [4.78, 5) is 0. The summed E-state index contributed by atoms with van der Waals surface area (Å²) >= 11 is 0. The average molecular weight is 333 g/mol. The first-order valence-electron chi connectivity index (χ1n) is 9.81. The molecular formula is C19H40O4. The van der Waals surface area contributed by atoms with E-state index in [-0.39, 0.29) is 0 Å². The van der Waals surface area contributed by atoms with Gasteiger partial charge in [-0.05, 0) is 6.42 Å². The molecule has 0 rings (SSSR count). The summed E-state index contributed by atoms with van der Waals surface area (Å²) in [6.45, 7) is 2.23. The zero-order chi connectivity index (χ0) is 17.2. The second kappa shape index (κ2) is 18.2. The van der Waals surface area contributed by atoms with Crippen LogP contribution in [0.1, 0.15) is 96.8 Å². The lowest BCUT2D eigenvalue weighted by Crippen LogP contribution is -2.31. The Kier molecular flexibility index (Phi) is 18.1. The van der Waals surface area contributed by atoms with Crippen LogP contribution in [0.4, 0.5) is 0 Å². The van der Waals surface area contributed by atoms with Crippen molar-refractivity contribution in [2.45, 2.75) is 109 Å². The van der Waals surface area contributed by atoms with Crippen molar-refractivity contribution < 1.29 is 20.1 Å². The van der Waals surface area contributed by atoms with Crippen molar-refractivity contribution in [2.24, 2.45) is 0 Å². The Hall–Kier alpha value is -0.160. The summed E-state index contributed by atoms with van der Waals surface area (Å²) in [6, 6.07) is 0. The van der Waals surface area contributed by atoms with Gasteiger partial charge in [-0.25, -0.2) is 0 Å². The van der Waals surface area contributed by atoms with Gasteiger partial charge in [0.2, 0.25) is 0 Å². The molecule has 4 heteroatoms. The fourth-order valence-corrected chi connectivity index (χ4v) is 2.70. The summed E-state index contributed by atoms with van der Waals surface area (Å²) < 4.78 is 5.05. The molecule has 0 fully saturated rings. The van der Waals surface area contributed by atoms with Gasteiger partial charge in [0.15, 0.2) is 6.29 Å². The second-order valence-electron chi connectivity index (χ2n) is 6.61. The van der Waals surface area contributed by atoms with E-state index in [1.807, 2.05) is 0 Å². The molecule has 23 heavy (non-hydrogen) atoms. The van der Waals surface area contributed by atoms with Gasteiger partial charge in [0.25, 0.3) is 0 Å². The maximum Gasteiger partial charge on any atom is 0.183 e. The van der Waals surface area contributed by atoms with Crippen molar-refractivity contribution >= 4 is 0 Å². The molecule has 2 unspecified atom stereocenters. The van der Waals surface area contributed by atoms with Crippen LogP contribution in [-0.4, -0.2) is 40.9 Å². The van der Waals surface area contributed by atoms with Crippen molar-refractivity contribution in [1.82, 2.24) is 0 Å². The molecule has 0 aromatic heterocycles. The number of unbranched alkanes of at least 4 members (excludes halogenated alkanes) is 13. The first-order chi connectivity index (χ1) is 11.2. The van der Waals surface area contributed by atoms with E-state index in [1.54, 1.807) is 0 Å². The summed E-state index contributed by atoms with van der Waals surface area (Å²) in [5.74, 6) is 0. The molecule has 0 amide bonds. The molecule has 0 aliphatic heterocycles. The van der Waals surface area contributed by atoms with Crippen LogP contribution in [0.2, 0.25) is 0 Å². The van der Waals surface area contributed by atoms with Gasteiger partial charge in [-0.1, -0.05) is 90.4 Å². The molecule has 0 aromatic carbocycles. The van der Waals surface area contributed by atoms with Crippen molar-refractivity contribution in [3.05, 3.63) is 0 Å². The minimum absolute atomic E-state index is 0.441. The highest BCUT2D eigenvalue weighted by Crippen LogP contribution is 2.13. The molecule has 0 aliphatic rings. The SMILES string of the molecule is CCCCCCCCCCCCCCCCOC(O)C(O)CO. The standard InChI is InChI=1S/C19H40O4/c1-2-3-4-5-6-7-8-9-10-11-12-13-14-15-16-23-19(22)18(21)17-20/h18-22H,2-17H2,1H3. The van der Waals surface area contributed by atoms with Gasteiger partial charge >= 0.3 is 0 Å². The molecule has 140 valence electrons. The topological polar surface area (TPSA) is 69.9 Å². The van der Waals surface area contributed by atoms with Crippen LogP contribution < -0.4 is 0 Å². The van der Waals surface area contributed by atoms with Crippen LogP contribution in [0.15, 0.2) is 0 Å². The first-order valence-corrected chi connectivity index (χ1v) is 9.81. The van der Waals surface area contributed by atoms with Crippen LogP contribution in [0.25, 0.3) is 0 Å². The molecule has 3 N–H and O–H groups in total. The number of aliphatic hydroxyl groups excluding tert-OH is 3. The number of aliphatic hydroxyl groups is 3. The Balaban J connectivity index is 3.08. The highest BCUT2D eigenvalue weighted by molar-refractivity contribution is 4.55. The molecule has 0 aliphatic carbocycles. The zero-order valence-corrected chi connectivity index (χ0v) is 15.2. The summed E-state index contributed by atoms with van der Waals surface area (Å²) in [5, 5.41) is 27.0. The monoisotopic (exact) mass is 332 g/mol. The van der Waals surface area contributed by atoms with E-state index in [4.69, 9.17) is 14.9 Å². The molecule has 0 spiro atoms. The number of ether oxygens (including phenoxy) is 1. The lowest BCUT2D eigenvalue weighted by atomic mass is 10.0. The van der Waals surface area contributed by atoms with E-state index in [9.17, 15) is 5.11 Å². The summed E-state index contributed by atoms with van der Waals surface area (Å²) in [6.07, 6.45) is 15.8. The van der Waals surface area contributed by atoms with Gasteiger partial charge in [-0.2, -0.15) is 0 Å². The minimum Gasteiger partial charge on any atom is -0.393 e. The largest absolute Gasteiger partial charge is 0.393 e. The van der Waals surface area contributed by atoms with E-state index in [0.717, 1.165) is 12.8 Å². The lowest BCUT2D eigenvalue weighted by Gasteiger charge is -2.15. The van der Waals surface area contributed by atoms with Gasteiger partial charge in [0.05, 0.1) is 6.61 Å². The van der Waals surface area contributed by atoms with Crippen LogP contribution >= 0.6 is 0 Å². The molecular weight excluding hydrogens is 292 g/mol. The average Bonchev–Trinajstić information content (AvgIpc) is 2.57. The van der Waals surface area contributed by atoms with Crippen LogP contribution in [0.5, 0.6) is 0 Å². The normalized spacial score (nSPS) is 14.1. The van der Waals surface area contributed by atoms with Crippen LogP contribution in [-0.2, 0) is 4.74 Å². The van der Waals surface area contributed by atoms with Crippen molar-refractivity contribution in [1.29, 1.82) is 0 Å². The Labute approximate surface area is 143 Å². The smallest absolute Gasteiger partial charge is 0.183 e. The van der Waals surface area contributed by atoms with Gasteiger partial charge in [0.1, 0.15) is 6.10 Å². The molecule has 0 heterocycles. The number of rotatable bonds is 18. The Morgan fingerprint density at radius 1 is 0.652 bits per heavy atom. The van der Waals surface area contributed by atoms with Gasteiger partial charge in [-0.15, -0.1) is 0 Å². The predicted molar refractivity (Wildman–Crippen MR) is 95.4 cm³/mol. The van der Waals surface area contributed by atoms with Crippen molar-refractivity contribution in [2.75, 3.05) is 13.2 Å². The maximum absolute atomic E-state index is 9.29. The van der Waals surface area contributed by atoms with E-state index in [1.165, 1.54) is 77.0 Å². The number of hydrogen-bond donors (Lipinski definition) is 3. The minimum atomic E-state index is -1.26. The third-order valence-electron chi connectivity index (χ3n) is 4.30. The van der Waals surface area contributed by atoms with Crippen molar-refractivity contribution in [3.8, 4) is 0 Å². The third kappa shape index (κ3) is 16.5. The Morgan fingerprint density at radius 2 is 1.04 bits per heavy atom. The fraction of sp³-hybridized carbons (Fsp3) is 1.00. The van der Waals surface area contributed by atoms with Gasteiger partial charge < -0.3 is 20.1 Å². The fourth-order valence-electron chi connectivity index (χ4n) is 2.70. The lowest BCUT2D eigenvalue weighted by molar-refractivity contribution is -0.171. The predicted octanol–water partition coefficient (Wildman–Crippen LogP) is 4.16. The third-order valence-corrected chi connectivity index (χ3v) is 4.30. The van der Waals surface area contributed by atoms with E-state index in [2.05, 4.69) is 6.92 Å². The molecule has 4 nitrogen and oxygen atoms in total. The molecule has 0 saturated carbocycles. The van der Waals surface area contributed by atoms with E-state index in [0.29, 0.717) is 6.61 Å². The number of hydrogen-bond acceptors (Lipinski definition) is 4. The van der Waals surface area contributed by atoms with Gasteiger partial charge in [-0.3, -0.25) is 0 Å². The van der Waals surface area contributed by atoms with Gasteiger partial charge in [0, 0.05) is 6.61 Å². The molecule has 0 radical (unpaired) electrons. The quantitative estimate of drug-likeness (QED) is 0.260. The summed E-state index contributed by atoms with van der Waals surface area (Å²) in [5.41, 5.74) is 0. The van der Waals surface area contributed by atoms with Crippen LogP contribution in [0.3, 0.4) is 0 Å². The van der Waals surface area contributed by atoms with Crippen molar-refractivity contribution in [3.63, 3.8) is 0 Å². The highest BCUT2D eigenvalue weighted by Gasteiger charge is 2.14. The maximum atomic E-state index is 9.29. The molecule has 0 bridgehead atoms. The zero-order valence-electron chi connectivity index (χ0n) is 15.2. The van der Waals surface area contributed by atoms with E-state index < -0.39 is 19.0 Å². The van der Waals surface area contributed by atoms with E-state index >= 15 is 0 Å². The van der Waals surface area contributed by atoms with Crippen LogP contribution in [0, 0.1) is 0 Å². The first kappa shape index (κ1) is 22.8. The molecule has 2 atom stereocenters. The Bertz CT molecular complexity index is 223. The Morgan fingerprint density at radius 3 is 1.43 bits per heavy atom.